The SMILES string of the molecule is O=C([O-])c1cccc(CBr)c1.[Li+]. The van der Waals surface area contributed by atoms with Gasteiger partial charge in [0.25, 0.3) is 0 Å². The van der Waals surface area contributed by atoms with Crippen molar-refractivity contribution in [1.82, 2.24) is 0 Å². The second-order valence-electron chi connectivity index (χ2n) is 2.12. The Morgan fingerprint density at radius 3 is 2.67 bits per heavy atom. The van der Waals surface area contributed by atoms with Gasteiger partial charge in [0.15, 0.2) is 0 Å². The third-order valence-electron chi connectivity index (χ3n) is 1.32. The van der Waals surface area contributed by atoms with E-state index in [1.54, 1.807) is 12.1 Å². The standard InChI is InChI=1S/C8H7BrO2.Li/c9-5-6-2-1-3-7(4-6)8(10)11;/h1-4H,5H2,(H,10,11);/q;+1/p-1. The van der Waals surface area contributed by atoms with Gasteiger partial charge in [0.1, 0.15) is 0 Å². The van der Waals surface area contributed by atoms with Gasteiger partial charge in [-0.3, -0.25) is 0 Å². The molecule has 1 aromatic rings. The van der Waals surface area contributed by atoms with Gasteiger partial charge >= 0.3 is 18.9 Å². The van der Waals surface area contributed by atoms with Gasteiger partial charge in [-0.05, 0) is 17.2 Å². The summed E-state index contributed by atoms with van der Waals surface area (Å²) < 4.78 is 0. The number of alkyl halides is 1. The van der Waals surface area contributed by atoms with Crippen LogP contribution in [0.5, 0.6) is 0 Å². The van der Waals surface area contributed by atoms with Crippen LogP contribution in [0.25, 0.3) is 0 Å². The van der Waals surface area contributed by atoms with E-state index in [9.17, 15) is 9.90 Å². The van der Waals surface area contributed by atoms with Crippen molar-refractivity contribution in [2.75, 3.05) is 0 Å². The van der Waals surface area contributed by atoms with Gasteiger partial charge in [-0.2, -0.15) is 0 Å². The van der Waals surface area contributed by atoms with Gasteiger partial charge in [-0.15, -0.1) is 0 Å². The van der Waals surface area contributed by atoms with Gasteiger partial charge in [0.2, 0.25) is 0 Å². The van der Waals surface area contributed by atoms with Crippen molar-refractivity contribution in [3.8, 4) is 0 Å². The molecule has 0 aliphatic heterocycles. The van der Waals surface area contributed by atoms with Crippen LogP contribution in [0.2, 0.25) is 0 Å². The van der Waals surface area contributed by atoms with Crippen LogP contribution in [0.15, 0.2) is 24.3 Å². The maximum Gasteiger partial charge on any atom is 1.00 e. The molecule has 0 aromatic heterocycles. The van der Waals surface area contributed by atoms with E-state index in [-0.39, 0.29) is 24.4 Å². The van der Waals surface area contributed by atoms with Crippen molar-refractivity contribution in [1.29, 1.82) is 0 Å². The molecular formula is C8H6BrLiO2. The van der Waals surface area contributed by atoms with E-state index in [1.165, 1.54) is 6.07 Å². The largest absolute Gasteiger partial charge is 1.00 e. The zero-order chi connectivity index (χ0) is 8.27. The van der Waals surface area contributed by atoms with E-state index in [0.717, 1.165) is 5.56 Å². The van der Waals surface area contributed by atoms with Crippen LogP contribution in [-0.4, -0.2) is 5.97 Å². The average Bonchev–Trinajstić information content (AvgIpc) is 2.05. The van der Waals surface area contributed by atoms with Crippen LogP contribution >= 0.6 is 15.9 Å². The normalized spacial score (nSPS) is 8.75. The van der Waals surface area contributed by atoms with Crippen LogP contribution in [0.4, 0.5) is 0 Å². The number of carboxylic acids is 1. The van der Waals surface area contributed by atoms with Crippen LogP contribution in [0, 0.1) is 0 Å². The molecule has 0 bridgehead atoms. The molecule has 2 nitrogen and oxygen atoms in total. The van der Waals surface area contributed by atoms with Gasteiger partial charge in [-0.1, -0.05) is 34.1 Å². The quantitative estimate of drug-likeness (QED) is 0.426. The molecule has 0 heterocycles. The minimum Gasteiger partial charge on any atom is -0.545 e. The molecule has 58 valence electrons. The molecular weight excluding hydrogens is 215 g/mol. The van der Waals surface area contributed by atoms with E-state index >= 15 is 0 Å². The van der Waals surface area contributed by atoms with Crippen molar-refractivity contribution >= 4 is 21.9 Å². The fourth-order valence-electron chi connectivity index (χ4n) is 0.781. The number of carboxylic acid groups (broad SMARTS) is 1. The maximum atomic E-state index is 10.3. The number of hydrogen-bond donors (Lipinski definition) is 0. The summed E-state index contributed by atoms with van der Waals surface area (Å²) in [7, 11) is 0. The van der Waals surface area contributed by atoms with Crippen molar-refractivity contribution in [2.24, 2.45) is 0 Å². The molecule has 12 heavy (non-hydrogen) atoms. The molecule has 0 fully saturated rings. The third kappa shape index (κ3) is 3.02. The van der Waals surface area contributed by atoms with Crippen LogP contribution in [0.3, 0.4) is 0 Å². The van der Waals surface area contributed by atoms with Gasteiger partial charge in [0.05, 0.1) is 5.97 Å². The van der Waals surface area contributed by atoms with Gasteiger partial charge < -0.3 is 9.90 Å². The summed E-state index contributed by atoms with van der Waals surface area (Å²) in [5.74, 6) is -1.13. The number of hydrogen-bond acceptors (Lipinski definition) is 2. The molecule has 0 saturated heterocycles. The Labute approximate surface area is 91.3 Å². The molecule has 4 heteroatoms. The molecule has 0 aliphatic carbocycles. The predicted molar refractivity (Wildman–Crippen MR) is 43.4 cm³/mol. The van der Waals surface area contributed by atoms with Crippen molar-refractivity contribution in [3.05, 3.63) is 35.4 Å². The van der Waals surface area contributed by atoms with Crippen LogP contribution < -0.4 is 24.0 Å². The summed E-state index contributed by atoms with van der Waals surface area (Å²) >= 11 is 3.23. The van der Waals surface area contributed by atoms with Crippen molar-refractivity contribution in [2.45, 2.75) is 5.33 Å². The summed E-state index contributed by atoms with van der Waals surface area (Å²) in [6.07, 6.45) is 0. The molecule has 0 aliphatic rings. The first kappa shape index (κ1) is 11.8. The number of halogens is 1. The second-order valence-corrected chi connectivity index (χ2v) is 2.68. The van der Waals surface area contributed by atoms with E-state index in [0.29, 0.717) is 5.33 Å². The smallest absolute Gasteiger partial charge is 0.545 e. The molecule has 0 unspecified atom stereocenters. The van der Waals surface area contributed by atoms with Crippen molar-refractivity contribution in [3.63, 3.8) is 0 Å². The molecule has 0 atom stereocenters. The summed E-state index contributed by atoms with van der Waals surface area (Å²) in [6.45, 7) is 0. The Bertz CT molecular complexity index is 276. The maximum absolute atomic E-state index is 10.3. The zero-order valence-corrected chi connectivity index (χ0v) is 8.30. The number of rotatable bonds is 2. The molecule has 0 amide bonds. The molecule has 0 radical (unpaired) electrons. The monoisotopic (exact) mass is 220 g/mol. The summed E-state index contributed by atoms with van der Waals surface area (Å²) in [5.41, 5.74) is 1.16. The number of aromatic carboxylic acids is 1. The predicted octanol–water partition coefficient (Wildman–Crippen LogP) is -2.05. The molecule has 1 aromatic carbocycles. The molecule has 0 N–H and O–H groups in total. The number of benzene rings is 1. The third-order valence-corrected chi connectivity index (χ3v) is 1.96. The Kier molecular flexibility index (Phi) is 5.31. The minimum absolute atomic E-state index is 0. The summed E-state index contributed by atoms with van der Waals surface area (Å²) in [5, 5.41) is 11.0. The fraction of sp³-hybridized carbons (Fsp3) is 0.125. The first-order valence-electron chi connectivity index (χ1n) is 3.10. The van der Waals surface area contributed by atoms with Crippen molar-refractivity contribution < 1.29 is 28.8 Å². The topological polar surface area (TPSA) is 40.1 Å². The van der Waals surface area contributed by atoms with Crippen LogP contribution in [0.1, 0.15) is 15.9 Å². The minimum atomic E-state index is -1.13. The Hall–Kier alpha value is -0.233. The van der Waals surface area contributed by atoms with Gasteiger partial charge in [0, 0.05) is 5.33 Å². The van der Waals surface area contributed by atoms with Crippen LogP contribution in [-0.2, 0) is 5.33 Å². The Balaban J connectivity index is 0.00000121. The Morgan fingerprint density at radius 1 is 1.50 bits per heavy atom. The van der Waals surface area contributed by atoms with E-state index in [4.69, 9.17) is 0 Å². The number of carbonyl (C=O) groups is 1. The van der Waals surface area contributed by atoms with E-state index in [2.05, 4.69) is 15.9 Å². The average molecular weight is 221 g/mol. The summed E-state index contributed by atoms with van der Waals surface area (Å²) in [6, 6.07) is 6.65. The van der Waals surface area contributed by atoms with Gasteiger partial charge in [-0.25, -0.2) is 0 Å². The first-order valence-corrected chi connectivity index (χ1v) is 4.22. The molecule has 0 spiro atoms. The fourth-order valence-corrected chi connectivity index (χ4v) is 1.13. The van der Waals surface area contributed by atoms with E-state index < -0.39 is 5.97 Å². The number of carbonyl (C=O) groups excluding carboxylic acids is 1. The first-order chi connectivity index (χ1) is 5.24. The molecule has 0 saturated carbocycles. The Morgan fingerprint density at radius 2 is 2.17 bits per heavy atom. The van der Waals surface area contributed by atoms with E-state index in [1.807, 2.05) is 6.07 Å². The molecule has 1 rings (SSSR count). The zero-order valence-electron chi connectivity index (χ0n) is 6.71. The summed E-state index contributed by atoms with van der Waals surface area (Å²) in [4.78, 5) is 10.3. The second kappa shape index (κ2) is 5.42.